The number of aliphatic hydroxyl groups is 1. The van der Waals surface area contributed by atoms with E-state index >= 15 is 0 Å². The molecule has 0 saturated carbocycles. The summed E-state index contributed by atoms with van der Waals surface area (Å²) in [6.07, 6.45) is -5.27. The Kier molecular flexibility index (Phi) is 5.00. The number of amides is 2. The molecule has 142 valence electrons. The molecule has 2 aromatic rings. The van der Waals surface area contributed by atoms with Crippen LogP contribution in [0.5, 0.6) is 0 Å². The number of carbonyl (C=O) groups is 2. The summed E-state index contributed by atoms with van der Waals surface area (Å²) in [6.45, 7) is 0. The average Bonchev–Trinajstić information content (AvgIpc) is 2.61. The van der Waals surface area contributed by atoms with Crippen LogP contribution in [0.4, 0.5) is 18.0 Å². The lowest BCUT2D eigenvalue weighted by atomic mass is 9.77. The topological polar surface area (TPSA) is 78.4 Å². The highest BCUT2D eigenvalue weighted by Crippen LogP contribution is 2.44. The zero-order valence-corrected chi connectivity index (χ0v) is 15.2. The zero-order valence-electron chi connectivity index (χ0n) is 13.6. The smallest absolute Gasteiger partial charge is 0.363 e. The lowest BCUT2D eigenvalue weighted by Crippen LogP contribution is -2.72. The van der Waals surface area contributed by atoms with E-state index in [0.29, 0.717) is 4.47 Å². The monoisotopic (exact) mass is 442 g/mol. The van der Waals surface area contributed by atoms with E-state index in [9.17, 15) is 27.9 Å². The molecule has 3 atom stereocenters. The molecule has 27 heavy (non-hydrogen) atoms. The van der Waals surface area contributed by atoms with Crippen molar-refractivity contribution in [3.63, 3.8) is 0 Å². The van der Waals surface area contributed by atoms with Crippen LogP contribution in [-0.4, -0.2) is 28.8 Å². The number of hydrogen-bond acceptors (Lipinski definition) is 3. The van der Waals surface area contributed by atoms with Crippen molar-refractivity contribution >= 4 is 27.7 Å². The summed E-state index contributed by atoms with van der Waals surface area (Å²) in [5.41, 5.74) is -3.48. The van der Waals surface area contributed by atoms with Gasteiger partial charge in [0, 0.05) is 10.0 Å². The second kappa shape index (κ2) is 6.97. The Labute approximate surface area is 160 Å². The van der Waals surface area contributed by atoms with Crippen molar-refractivity contribution < 1.29 is 27.9 Å². The van der Waals surface area contributed by atoms with E-state index in [1.165, 1.54) is 41.7 Å². The lowest BCUT2D eigenvalue weighted by molar-refractivity contribution is -0.287. The third-order valence-corrected chi connectivity index (χ3v) is 4.90. The normalized spacial score (nSPS) is 25.4. The van der Waals surface area contributed by atoms with Crippen LogP contribution in [0, 0.1) is 5.92 Å². The lowest BCUT2D eigenvalue weighted by Gasteiger charge is -2.45. The van der Waals surface area contributed by atoms with Gasteiger partial charge in [-0.15, -0.1) is 0 Å². The van der Waals surface area contributed by atoms with Crippen molar-refractivity contribution in [1.82, 2.24) is 10.6 Å². The third-order valence-electron chi connectivity index (χ3n) is 4.38. The Morgan fingerprint density at radius 1 is 1.07 bits per heavy atom. The number of rotatable bonds is 3. The number of Topliss-reactive ketones (excluding diaryl/α,β-unsaturated/α-hetero) is 1. The number of carbonyl (C=O) groups excluding carboxylic acids is 2. The highest BCUT2D eigenvalue weighted by molar-refractivity contribution is 9.10. The Balaban J connectivity index is 2.15. The van der Waals surface area contributed by atoms with Gasteiger partial charge in [-0.3, -0.25) is 4.79 Å². The summed E-state index contributed by atoms with van der Waals surface area (Å²) in [5, 5.41) is 14.3. The molecule has 2 amide bonds. The van der Waals surface area contributed by atoms with Gasteiger partial charge in [0.1, 0.15) is 5.92 Å². The minimum atomic E-state index is -5.27. The zero-order chi connectivity index (χ0) is 19.8. The van der Waals surface area contributed by atoms with E-state index in [4.69, 9.17) is 0 Å². The minimum Gasteiger partial charge on any atom is -0.363 e. The first kappa shape index (κ1) is 19.4. The number of nitrogens with one attached hydrogen (secondary N) is 2. The highest BCUT2D eigenvalue weighted by atomic mass is 79.9. The molecule has 2 aromatic carbocycles. The van der Waals surface area contributed by atoms with Crippen molar-refractivity contribution in [2.45, 2.75) is 17.9 Å². The molecule has 3 rings (SSSR count). The standard InChI is InChI=1S/C18H14BrF3N2O3/c19-12-8-6-10(7-9-12)14-13(15(25)11-4-2-1-3-5-11)17(27,18(20,21)22)24-16(26)23-14/h1-9,13-14,27H,(H2,23,24,26)/t13-,14+,17-/m1/s1. The molecule has 9 heteroatoms. The molecule has 0 aromatic heterocycles. The Hall–Kier alpha value is -2.39. The summed E-state index contributed by atoms with van der Waals surface area (Å²) >= 11 is 3.22. The van der Waals surface area contributed by atoms with Gasteiger partial charge < -0.3 is 15.7 Å². The van der Waals surface area contributed by atoms with Crippen LogP contribution < -0.4 is 10.6 Å². The van der Waals surface area contributed by atoms with Gasteiger partial charge in [-0.1, -0.05) is 58.4 Å². The van der Waals surface area contributed by atoms with Gasteiger partial charge in [0.15, 0.2) is 5.78 Å². The van der Waals surface area contributed by atoms with Crippen LogP contribution in [0.2, 0.25) is 0 Å². The predicted molar refractivity (Wildman–Crippen MR) is 93.8 cm³/mol. The fraction of sp³-hybridized carbons (Fsp3) is 0.222. The maximum absolute atomic E-state index is 13.7. The van der Waals surface area contributed by atoms with Crippen LogP contribution in [0.25, 0.3) is 0 Å². The molecule has 0 spiro atoms. The van der Waals surface area contributed by atoms with Gasteiger partial charge >= 0.3 is 12.2 Å². The third kappa shape index (κ3) is 3.57. The van der Waals surface area contributed by atoms with E-state index in [-0.39, 0.29) is 11.1 Å². The molecule has 5 nitrogen and oxygen atoms in total. The Morgan fingerprint density at radius 3 is 2.22 bits per heavy atom. The van der Waals surface area contributed by atoms with E-state index in [2.05, 4.69) is 21.2 Å². The number of benzene rings is 2. The molecule has 1 aliphatic heterocycles. The Morgan fingerprint density at radius 2 is 1.67 bits per heavy atom. The van der Waals surface area contributed by atoms with Gasteiger partial charge in [0.25, 0.3) is 0 Å². The van der Waals surface area contributed by atoms with Crippen LogP contribution in [-0.2, 0) is 0 Å². The van der Waals surface area contributed by atoms with Crippen molar-refractivity contribution in [3.05, 3.63) is 70.2 Å². The molecular formula is C18H14BrF3N2O3. The van der Waals surface area contributed by atoms with Gasteiger partial charge in [0.2, 0.25) is 5.72 Å². The molecular weight excluding hydrogens is 429 g/mol. The maximum Gasteiger partial charge on any atom is 0.437 e. The van der Waals surface area contributed by atoms with Crippen LogP contribution in [0.3, 0.4) is 0 Å². The quantitative estimate of drug-likeness (QED) is 0.636. The molecule has 0 aliphatic carbocycles. The minimum absolute atomic E-state index is 0.00904. The molecule has 1 heterocycles. The first-order chi connectivity index (χ1) is 12.6. The van der Waals surface area contributed by atoms with E-state index in [1.807, 2.05) is 0 Å². The predicted octanol–water partition coefficient (Wildman–Crippen LogP) is 3.55. The average molecular weight is 443 g/mol. The summed E-state index contributed by atoms with van der Waals surface area (Å²) in [6, 6.07) is 10.8. The summed E-state index contributed by atoms with van der Waals surface area (Å²) < 4.78 is 41.8. The number of alkyl halides is 3. The van der Waals surface area contributed by atoms with E-state index in [1.54, 1.807) is 18.2 Å². The van der Waals surface area contributed by atoms with Crippen LogP contribution in [0.1, 0.15) is 22.0 Å². The molecule has 0 radical (unpaired) electrons. The molecule has 0 unspecified atom stereocenters. The van der Waals surface area contributed by atoms with Crippen molar-refractivity contribution in [3.8, 4) is 0 Å². The number of ketones is 1. The van der Waals surface area contributed by atoms with Crippen molar-refractivity contribution in [1.29, 1.82) is 0 Å². The fourth-order valence-electron chi connectivity index (χ4n) is 3.07. The van der Waals surface area contributed by atoms with Gasteiger partial charge in [-0.25, -0.2) is 4.79 Å². The van der Waals surface area contributed by atoms with Gasteiger partial charge in [0.05, 0.1) is 6.04 Å². The first-order valence-corrected chi connectivity index (χ1v) is 8.65. The maximum atomic E-state index is 13.7. The molecule has 0 bridgehead atoms. The SMILES string of the molecule is O=C1N[C@@H](c2ccc(Br)cc2)[C@H](C(=O)c2ccccc2)[C@@](O)(C(F)(F)F)N1. The van der Waals surface area contributed by atoms with Gasteiger partial charge in [-0.2, -0.15) is 13.2 Å². The van der Waals surface area contributed by atoms with Crippen LogP contribution in [0.15, 0.2) is 59.1 Å². The largest absolute Gasteiger partial charge is 0.437 e. The second-order valence-electron chi connectivity index (χ2n) is 6.10. The van der Waals surface area contributed by atoms with Crippen LogP contribution >= 0.6 is 15.9 Å². The molecule has 1 fully saturated rings. The second-order valence-corrected chi connectivity index (χ2v) is 7.02. The summed E-state index contributed by atoms with van der Waals surface area (Å²) in [4.78, 5) is 24.8. The first-order valence-electron chi connectivity index (χ1n) is 7.86. The van der Waals surface area contributed by atoms with E-state index < -0.39 is 35.7 Å². The number of halogens is 4. The Bertz CT molecular complexity index is 858. The highest BCUT2D eigenvalue weighted by Gasteiger charge is 2.66. The summed E-state index contributed by atoms with van der Waals surface area (Å²) in [5.74, 6) is -2.98. The van der Waals surface area contributed by atoms with E-state index in [0.717, 1.165) is 0 Å². The fourth-order valence-corrected chi connectivity index (χ4v) is 3.33. The molecule has 3 N–H and O–H groups in total. The van der Waals surface area contributed by atoms with Crippen molar-refractivity contribution in [2.75, 3.05) is 0 Å². The van der Waals surface area contributed by atoms with Crippen molar-refractivity contribution in [2.24, 2.45) is 5.92 Å². The van der Waals surface area contributed by atoms with Gasteiger partial charge in [-0.05, 0) is 17.7 Å². The number of urea groups is 1. The summed E-state index contributed by atoms with van der Waals surface area (Å²) in [7, 11) is 0. The molecule has 1 saturated heterocycles. The number of hydrogen-bond donors (Lipinski definition) is 3. The molecule has 1 aliphatic rings.